The monoisotopic (exact) mass is 405 g/mol. The second-order valence-corrected chi connectivity index (χ2v) is 6.46. The van der Waals surface area contributed by atoms with Crippen LogP contribution < -0.4 is 16.4 Å². The summed E-state index contributed by atoms with van der Waals surface area (Å²) >= 11 is 0. The lowest BCUT2D eigenvalue weighted by molar-refractivity contribution is 0.103. The third-order valence-corrected chi connectivity index (χ3v) is 4.41. The Balaban J connectivity index is 1.59. The van der Waals surface area contributed by atoms with Crippen LogP contribution in [0.15, 0.2) is 55.2 Å². The summed E-state index contributed by atoms with van der Waals surface area (Å²) in [5.41, 5.74) is 7.31. The number of urea groups is 1. The largest absolute Gasteiger partial charge is 0.383 e. The zero-order valence-electron chi connectivity index (χ0n) is 15.8. The maximum atomic E-state index is 13.7. The van der Waals surface area contributed by atoms with Gasteiger partial charge in [-0.15, -0.1) is 0 Å². The van der Waals surface area contributed by atoms with E-state index in [0.29, 0.717) is 16.6 Å². The number of fused-ring (bicyclic) bond motifs is 1. The fourth-order valence-electron chi connectivity index (χ4n) is 3.04. The van der Waals surface area contributed by atoms with Crippen molar-refractivity contribution in [2.24, 2.45) is 7.05 Å². The highest BCUT2D eigenvalue weighted by Crippen LogP contribution is 2.26. The second kappa shape index (κ2) is 7.59. The summed E-state index contributed by atoms with van der Waals surface area (Å²) in [6, 6.07) is 6.57. The Morgan fingerprint density at radius 1 is 1.13 bits per heavy atom. The van der Waals surface area contributed by atoms with Gasteiger partial charge >= 0.3 is 6.03 Å². The van der Waals surface area contributed by atoms with Gasteiger partial charge in [-0.3, -0.25) is 9.78 Å². The van der Waals surface area contributed by atoms with E-state index in [1.165, 1.54) is 43.0 Å². The van der Waals surface area contributed by atoms with Gasteiger partial charge in [-0.2, -0.15) is 0 Å². The number of carbonyl (C=O) groups excluding carboxylic acids is 2. The van der Waals surface area contributed by atoms with Crippen molar-refractivity contribution in [2.75, 3.05) is 16.4 Å². The average Bonchev–Trinajstić information content (AvgIpc) is 3.07. The topological polar surface area (TPSA) is 128 Å². The highest BCUT2D eigenvalue weighted by molar-refractivity contribution is 6.18. The third-order valence-electron chi connectivity index (χ3n) is 4.41. The number of hydrogen-bond acceptors (Lipinski definition) is 6. The van der Waals surface area contributed by atoms with Crippen molar-refractivity contribution in [1.82, 2.24) is 19.5 Å². The Morgan fingerprint density at radius 3 is 2.73 bits per heavy atom. The first-order valence-corrected chi connectivity index (χ1v) is 8.82. The van der Waals surface area contributed by atoms with Gasteiger partial charge in [0.05, 0.1) is 28.5 Å². The first-order chi connectivity index (χ1) is 14.4. The summed E-state index contributed by atoms with van der Waals surface area (Å²) in [7, 11) is 1.74. The molecule has 0 radical (unpaired) electrons. The summed E-state index contributed by atoms with van der Waals surface area (Å²) < 4.78 is 15.4. The number of nitrogens with zero attached hydrogens (tertiary/aromatic N) is 4. The van der Waals surface area contributed by atoms with Crippen LogP contribution in [0.4, 0.5) is 26.4 Å². The molecular weight excluding hydrogens is 389 g/mol. The fraction of sp³-hybridized carbons (Fsp3) is 0.0500. The number of hydrogen-bond donors (Lipinski definition) is 3. The van der Waals surface area contributed by atoms with Crippen LogP contribution in [0, 0.1) is 5.82 Å². The summed E-state index contributed by atoms with van der Waals surface area (Å²) in [4.78, 5) is 37.3. The molecule has 0 saturated heterocycles. The Labute approximate surface area is 169 Å². The highest BCUT2D eigenvalue weighted by Gasteiger charge is 2.20. The lowest BCUT2D eigenvalue weighted by Gasteiger charge is -2.09. The van der Waals surface area contributed by atoms with Gasteiger partial charge in [0.15, 0.2) is 5.78 Å². The first-order valence-electron chi connectivity index (χ1n) is 8.82. The van der Waals surface area contributed by atoms with E-state index in [-0.39, 0.29) is 28.5 Å². The maximum Gasteiger partial charge on any atom is 0.323 e. The van der Waals surface area contributed by atoms with E-state index in [1.54, 1.807) is 23.9 Å². The molecule has 9 nitrogen and oxygen atoms in total. The normalized spacial score (nSPS) is 10.7. The minimum Gasteiger partial charge on any atom is -0.383 e. The summed E-state index contributed by atoms with van der Waals surface area (Å²) in [6.45, 7) is 0. The minimum absolute atomic E-state index is 0.0291. The average molecular weight is 405 g/mol. The summed E-state index contributed by atoms with van der Waals surface area (Å²) in [5.74, 6) is -0.728. The lowest BCUT2D eigenvalue weighted by atomic mass is 10.1. The van der Waals surface area contributed by atoms with Crippen molar-refractivity contribution in [3.63, 3.8) is 0 Å². The molecule has 30 heavy (non-hydrogen) atoms. The van der Waals surface area contributed by atoms with E-state index in [1.807, 2.05) is 0 Å². The second-order valence-electron chi connectivity index (χ2n) is 6.46. The Morgan fingerprint density at radius 2 is 1.93 bits per heavy atom. The van der Waals surface area contributed by atoms with E-state index in [9.17, 15) is 14.0 Å². The molecule has 4 N–H and O–H groups in total. The van der Waals surface area contributed by atoms with Crippen LogP contribution in [0.25, 0.3) is 11.0 Å². The number of rotatable bonds is 4. The number of amides is 2. The van der Waals surface area contributed by atoms with Gasteiger partial charge in [0, 0.05) is 25.0 Å². The smallest absolute Gasteiger partial charge is 0.323 e. The Kier molecular flexibility index (Phi) is 4.80. The highest BCUT2D eigenvalue weighted by atomic mass is 19.1. The van der Waals surface area contributed by atoms with Gasteiger partial charge in [-0.05, 0) is 18.2 Å². The lowest BCUT2D eigenvalue weighted by Crippen LogP contribution is -2.20. The summed E-state index contributed by atoms with van der Waals surface area (Å²) in [5, 5.41) is 5.38. The molecule has 0 aliphatic rings. The molecule has 0 unspecified atom stereocenters. The van der Waals surface area contributed by atoms with E-state index in [4.69, 9.17) is 5.73 Å². The molecule has 0 aliphatic carbocycles. The molecule has 3 aromatic heterocycles. The quantitative estimate of drug-likeness (QED) is 0.448. The first kappa shape index (κ1) is 19.0. The molecule has 0 fully saturated rings. The van der Waals surface area contributed by atoms with Crippen LogP contribution in [0.1, 0.15) is 15.9 Å². The zero-order valence-corrected chi connectivity index (χ0v) is 15.8. The van der Waals surface area contributed by atoms with Gasteiger partial charge in [0.1, 0.15) is 23.6 Å². The number of aryl methyl sites for hydroxylation is 1. The number of benzene rings is 1. The number of halogens is 1. The third kappa shape index (κ3) is 3.53. The molecule has 0 aliphatic heterocycles. The van der Waals surface area contributed by atoms with Crippen LogP contribution in [-0.4, -0.2) is 31.3 Å². The molecule has 0 saturated carbocycles. The molecule has 10 heteroatoms. The van der Waals surface area contributed by atoms with Crippen molar-refractivity contribution in [1.29, 1.82) is 0 Å². The molecule has 1 aromatic carbocycles. The number of nitrogens with one attached hydrogen (secondary N) is 2. The van der Waals surface area contributed by atoms with Gasteiger partial charge in [0.25, 0.3) is 0 Å². The van der Waals surface area contributed by atoms with Gasteiger partial charge < -0.3 is 20.9 Å². The fourth-order valence-corrected chi connectivity index (χ4v) is 3.04. The Bertz CT molecular complexity index is 1290. The molecule has 3 heterocycles. The predicted molar refractivity (Wildman–Crippen MR) is 110 cm³/mol. The molecule has 0 atom stereocenters. The van der Waals surface area contributed by atoms with Gasteiger partial charge in [0.2, 0.25) is 0 Å². The molecule has 4 aromatic rings. The van der Waals surface area contributed by atoms with Crippen LogP contribution in [0.3, 0.4) is 0 Å². The number of pyridine rings is 1. The van der Waals surface area contributed by atoms with Gasteiger partial charge in [-0.1, -0.05) is 12.1 Å². The standard InChI is InChI=1S/C20H16FN7O2/c1-28-9-13(16-18(22)24-10-25-19(16)28)17(29)11-6-12(8-23-7-11)26-20(30)27-15-5-3-2-4-14(15)21/h2-10H,1H3,(H2,22,24,25)(H2,26,27,30). The van der Waals surface area contributed by atoms with Crippen molar-refractivity contribution in [3.05, 3.63) is 72.2 Å². The number of ketones is 1. The number of para-hydroxylation sites is 1. The Hall–Kier alpha value is -4.34. The van der Waals surface area contributed by atoms with Crippen molar-refractivity contribution < 1.29 is 14.0 Å². The van der Waals surface area contributed by atoms with E-state index >= 15 is 0 Å². The molecule has 4 rings (SSSR count). The van der Waals surface area contributed by atoms with Crippen molar-refractivity contribution in [2.45, 2.75) is 0 Å². The van der Waals surface area contributed by atoms with E-state index in [0.717, 1.165) is 0 Å². The predicted octanol–water partition coefficient (Wildman–Crippen LogP) is 2.96. The van der Waals surface area contributed by atoms with Crippen LogP contribution in [-0.2, 0) is 7.05 Å². The number of anilines is 3. The summed E-state index contributed by atoms with van der Waals surface area (Å²) in [6.07, 6.45) is 5.69. The maximum absolute atomic E-state index is 13.7. The molecule has 0 bridgehead atoms. The van der Waals surface area contributed by atoms with Crippen molar-refractivity contribution in [3.8, 4) is 0 Å². The molecular formula is C20H16FN7O2. The van der Waals surface area contributed by atoms with Crippen LogP contribution in [0.5, 0.6) is 0 Å². The van der Waals surface area contributed by atoms with Crippen LogP contribution in [0.2, 0.25) is 0 Å². The number of aromatic nitrogens is 4. The minimum atomic E-state index is -0.672. The van der Waals surface area contributed by atoms with Crippen molar-refractivity contribution >= 4 is 40.0 Å². The molecule has 0 spiro atoms. The van der Waals surface area contributed by atoms with E-state index < -0.39 is 11.8 Å². The van der Waals surface area contributed by atoms with Gasteiger partial charge in [-0.25, -0.2) is 19.2 Å². The zero-order chi connectivity index (χ0) is 21.3. The van der Waals surface area contributed by atoms with E-state index in [2.05, 4.69) is 25.6 Å². The SMILES string of the molecule is Cn1cc(C(=O)c2cncc(NC(=O)Nc3ccccc3F)c2)c2c(N)ncnc21. The molecule has 2 amide bonds. The van der Waals surface area contributed by atoms with Crippen LogP contribution >= 0.6 is 0 Å². The number of nitrogens with two attached hydrogens (primary N) is 1. The molecule has 150 valence electrons. The number of nitrogen functional groups attached to an aromatic ring is 1. The number of carbonyl (C=O) groups is 2.